The van der Waals surface area contributed by atoms with Gasteiger partial charge in [-0.05, 0) is 67.1 Å². The number of aromatic nitrogens is 3. The molecule has 0 saturated heterocycles. The summed E-state index contributed by atoms with van der Waals surface area (Å²) in [5.74, 6) is 1.51. The zero-order valence-electron chi connectivity index (χ0n) is 19.5. The first kappa shape index (κ1) is 23.4. The number of nitrogens with one attached hydrogen (secondary N) is 1. The molecule has 3 aromatic carbocycles. The fraction of sp³-hybridized carbons (Fsp3) is 0.107. The van der Waals surface area contributed by atoms with E-state index in [2.05, 4.69) is 15.3 Å². The van der Waals surface area contributed by atoms with Crippen LogP contribution in [0.15, 0.2) is 91.4 Å². The largest absolute Gasteiger partial charge is 0.490 e. The second kappa shape index (κ2) is 10.5. The molecule has 36 heavy (non-hydrogen) atoms. The molecule has 0 aliphatic heterocycles. The van der Waals surface area contributed by atoms with Crippen molar-refractivity contribution in [3.05, 3.63) is 108 Å². The summed E-state index contributed by atoms with van der Waals surface area (Å²) in [5.41, 5.74) is 3.93. The quantitative estimate of drug-likeness (QED) is 0.276. The van der Waals surface area contributed by atoms with Gasteiger partial charge in [0.2, 0.25) is 5.88 Å². The zero-order chi connectivity index (χ0) is 24.9. The van der Waals surface area contributed by atoms with Gasteiger partial charge in [0.25, 0.3) is 5.91 Å². The van der Waals surface area contributed by atoms with E-state index < -0.39 is 0 Å². The van der Waals surface area contributed by atoms with Crippen LogP contribution in [0.3, 0.4) is 0 Å². The molecule has 1 amide bonds. The molecule has 2 heterocycles. The van der Waals surface area contributed by atoms with Gasteiger partial charge in [0.15, 0.2) is 11.5 Å². The van der Waals surface area contributed by atoms with Crippen molar-refractivity contribution in [3.63, 3.8) is 0 Å². The van der Waals surface area contributed by atoms with Crippen LogP contribution in [-0.2, 0) is 6.54 Å². The number of pyridine rings is 1. The number of rotatable bonds is 8. The van der Waals surface area contributed by atoms with Gasteiger partial charge in [-0.2, -0.15) is 0 Å². The van der Waals surface area contributed by atoms with Crippen molar-refractivity contribution in [2.24, 2.45) is 0 Å². The summed E-state index contributed by atoms with van der Waals surface area (Å²) in [4.78, 5) is 21.7. The number of hydrogen-bond acceptors (Lipinski definition) is 5. The Morgan fingerprint density at radius 2 is 1.78 bits per heavy atom. The molecule has 0 aliphatic rings. The summed E-state index contributed by atoms with van der Waals surface area (Å²) in [7, 11) is 0. The molecule has 1 N–H and O–H groups in total. The Morgan fingerprint density at radius 3 is 2.53 bits per heavy atom. The Labute approximate surface area is 213 Å². The summed E-state index contributed by atoms with van der Waals surface area (Å²) in [6.07, 6.45) is 3.41. The lowest BCUT2D eigenvalue weighted by atomic mass is 10.1. The highest BCUT2D eigenvalue weighted by molar-refractivity contribution is 6.30. The fourth-order valence-electron chi connectivity index (χ4n) is 3.74. The van der Waals surface area contributed by atoms with Gasteiger partial charge in [0, 0.05) is 35.1 Å². The van der Waals surface area contributed by atoms with Gasteiger partial charge in [-0.15, -0.1) is 0 Å². The molecule has 5 aromatic rings. The third-order valence-corrected chi connectivity index (χ3v) is 5.78. The molecule has 0 radical (unpaired) electrons. The number of carbonyl (C=O) groups is 1. The highest BCUT2D eigenvalue weighted by atomic mass is 35.5. The Bertz CT molecular complexity index is 1500. The molecule has 0 atom stereocenters. The third-order valence-electron chi connectivity index (χ3n) is 5.53. The number of halogens is 1. The summed E-state index contributed by atoms with van der Waals surface area (Å²) in [6.45, 7) is 2.79. The Hall–Kier alpha value is -4.36. The average molecular weight is 499 g/mol. The molecule has 0 fully saturated rings. The molecular weight excluding hydrogens is 476 g/mol. The lowest BCUT2D eigenvalue weighted by molar-refractivity contribution is 0.0951. The van der Waals surface area contributed by atoms with Crippen LogP contribution in [0.1, 0.15) is 22.8 Å². The van der Waals surface area contributed by atoms with E-state index in [0.717, 1.165) is 22.3 Å². The Kier molecular flexibility index (Phi) is 6.82. The summed E-state index contributed by atoms with van der Waals surface area (Å²) >= 11 is 6.01. The normalized spacial score (nSPS) is 10.8. The van der Waals surface area contributed by atoms with Gasteiger partial charge in [-0.25, -0.2) is 9.97 Å². The number of para-hydroxylation sites is 2. The molecule has 2 aromatic heterocycles. The topological polar surface area (TPSA) is 78.3 Å². The van der Waals surface area contributed by atoms with Crippen LogP contribution in [0, 0.1) is 0 Å². The van der Waals surface area contributed by atoms with Gasteiger partial charge in [0.1, 0.15) is 6.33 Å². The van der Waals surface area contributed by atoms with Crippen LogP contribution in [0.5, 0.6) is 17.4 Å². The SMILES string of the molecule is CCOc1ccccc1Oc1ccc(CNC(=O)c2ccc3ncn(-c4ccc(Cl)cc4)c3c2)cn1. The van der Waals surface area contributed by atoms with Crippen LogP contribution in [0.4, 0.5) is 0 Å². The summed E-state index contributed by atoms with van der Waals surface area (Å²) in [5, 5.41) is 3.61. The number of nitrogens with zero attached hydrogens (tertiary/aromatic N) is 3. The number of imidazole rings is 1. The number of fused-ring (bicyclic) bond motifs is 1. The fourth-order valence-corrected chi connectivity index (χ4v) is 3.86. The van der Waals surface area contributed by atoms with Crippen molar-refractivity contribution in [1.29, 1.82) is 0 Å². The number of benzene rings is 3. The first-order valence-corrected chi connectivity index (χ1v) is 11.8. The maximum Gasteiger partial charge on any atom is 0.251 e. The molecule has 0 spiro atoms. The van der Waals surface area contributed by atoms with Crippen molar-refractivity contribution in [2.45, 2.75) is 13.5 Å². The predicted octanol–water partition coefficient (Wildman–Crippen LogP) is 6.19. The van der Waals surface area contributed by atoms with E-state index in [0.29, 0.717) is 41.1 Å². The minimum atomic E-state index is -0.188. The molecule has 5 rings (SSSR count). The Morgan fingerprint density at radius 1 is 0.972 bits per heavy atom. The second-order valence-corrected chi connectivity index (χ2v) is 8.40. The van der Waals surface area contributed by atoms with Gasteiger partial charge in [0.05, 0.1) is 17.6 Å². The van der Waals surface area contributed by atoms with Crippen molar-refractivity contribution in [2.75, 3.05) is 6.61 Å². The molecule has 0 aliphatic carbocycles. The van der Waals surface area contributed by atoms with Crippen LogP contribution in [-0.4, -0.2) is 27.0 Å². The van der Waals surface area contributed by atoms with E-state index in [-0.39, 0.29) is 5.91 Å². The summed E-state index contributed by atoms with van der Waals surface area (Å²) < 4.78 is 13.4. The van der Waals surface area contributed by atoms with Gasteiger partial charge in [-0.3, -0.25) is 9.36 Å². The van der Waals surface area contributed by atoms with E-state index in [4.69, 9.17) is 21.1 Å². The second-order valence-electron chi connectivity index (χ2n) is 7.96. The first-order valence-electron chi connectivity index (χ1n) is 11.5. The molecular formula is C28H23ClN4O3. The van der Waals surface area contributed by atoms with Crippen molar-refractivity contribution >= 4 is 28.5 Å². The van der Waals surface area contributed by atoms with Crippen molar-refractivity contribution in [3.8, 4) is 23.1 Å². The van der Waals surface area contributed by atoms with Crippen LogP contribution >= 0.6 is 11.6 Å². The number of ether oxygens (including phenoxy) is 2. The van der Waals surface area contributed by atoms with Crippen LogP contribution in [0.2, 0.25) is 5.02 Å². The van der Waals surface area contributed by atoms with E-state index in [1.54, 1.807) is 24.7 Å². The molecule has 0 unspecified atom stereocenters. The molecule has 8 heteroatoms. The monoisotopic (exact) mass is 498 g/mol. The lowest BCUT2D eigenvalue weighted by Crippen LogP contribution is -2.22. The van der Waals surface area contributed by atoms with Crippen molar-refractivity contribution in [1.82, 2.24) is 19.9 Å². The van der Waals surface area contributed by atoms with E-state index >= 15 is 0 Å². The van der Waals surface area contributed by atoms with Gasteiger partial charge >= 0.3 is 0 Å². The minimum Gasteiger partial charge on any atom is -0.490 e. The Balaban J connectivity index is 1.25. The molecule has 180 valence electrons. The van der Waals surface area contributed by atoms with Crippen LogP contribution < -0.4 is 14.8 Å². The van der Waals surface area contributed by atoms with Gasteiger partial charge < -0.3 is 14.8 Å². The maximum absolute atomic E-state index is 12.9. The predicted molar refractivity (Wildman–Crippen MR) is 139 cm³/mol. The number of carbonyl (C=O) groups excluding carboxylic acids is 1. The van der Waals surface area contributed by atoms with E-state index in [1.165, 1.54) is 0 Å². The first-order chi connectivity index (χ1) is 17.6. The highest BCUT2D eigenvalue weighted by Crippen LogP contribution is 2.30. The summed E-state index contributed by atoms with van der Waals surface area (Å²) in [6, 6.07) is 24.0. The average Bonchev–Trinajstić information content (AvgIpc) is 3.33. The molecule has 0 saturated carbocycles. The maximum atomic E-state index is 12.9. The minimum absolute atomic E-state index is 0.188. The smallest absolute Gasteiger partial charge is 0.251 e. The van der Waals surface area contributed by atoms with Crippen molar-refractivity contribution < 1.29 is 14.3 Å². The number of amides is 1. The molecule has 0 bridgehead atoms. The van der Waals surface area contributed by atoms with Gasteiger partial charge in [-0.1, -0.05) is 29.8 Å². The highest BCUT2D eigenvalue weighted by Gasteiger charge is 2.11. The number of hydrogen-bond donors (Lipinski definition) is 1. The molecule has 7 nitrogen and oxygen atoms in total. The standard InChI is InChI=1S/C28H23ClN4O3/c1-2-35-25-5-3-4-6-26(25)36-27-14-7-19(16-30-27)17-31-28(34)20-8-13-23-24(15-20)33(18-32-23)22-11-9-21(29)10-12-22/h3-16,18H,2,17H2,1H3,(H,31,34). The third kappa shape index (κ3) is 5.16. The van der Waals surface area contributed by atoms with Crippen LogP contribution in [0.25, 0.3) is 16.7 Å². The zero-order valence-corrected chi connectivity index (χ0v) is 20.3. The van der Waals surface area contributed by atoms with E-state index in [1.807, 2.05) is 78.2 Å². The van der Waals surface area contributed by atoms with E-state index in [9.17, 15) is 4.79 Å². The lowest BCUT2D eigenvalue weighted by Gasteiger charge is -2.11.